The summed E-state index contributed by atoms with van der Waals surface area (Å²) < 4.78 is 44.1. The van der Waals surface area contributed by atoms with Crippen LogP contribution < -0.4 is 5.32 Å². The molecule has 2 nitrogen and oxygen atoms in total. The number of halogens is 3. The molecule has 0 fully saturated rings. The van der Waals surface area contributed by atoms with Gasteiger partial charge in [-0.2, -0.15) is 13.2 Å². The topological polar surface area (TPSA) is 21.3 Å². The lowest BCUT2D eigenvalue weighted by molar-refractivity contribution is -0.137. The van der Waals surface area contributed by atoms with E-state index in [9.17, 15) is 13.2 Å². The second-order valence-corrected chi connectivity index (χ2v) is 6.75. The first-order chi connectivity index (χ1) is 11.5. The van der Waals surface area contributed by atoms with Crippen LogP contribution in [0, 0.1) is 0 Å². The number of nitrogens with one attached hydrogen (secondary N) is 1. The molecule has 1 aliphatic rings. The first-order valence-corrected chi connectivity index (χ1v) is 8.53. The van der Waals surface area contributed by atoms with E-state index >= 15 is 0 Å². The molecule has 0 bridgehead atoms. The van der Waals surface area contributed by atoms with Gasteiger partial charge in [-0.1, -0.05) is 18.2 Å². The Morgan fingerprint density at radius 2 is 2.04 bits per heavy atom. The highest BCUT2D eigenvalue weighted by molar-refractivity contribution is 7.10. The quantitative estimate of drug-likeness (QED) is 0.742. The van der Waals surface area contributed by atoms with Gasteiger partial charge in [0.25, 0.3) is 0 Å². The largest absolute Gasteiger partial charge is 0.416 e. The van der Waals surface area contributed by atoms with Crippen LogP contribution in [0.5, 0.6) is 0 Å². The standard InChI is InChI=1S/C18H18F3NOS/c1-23-11-22-16-10-13(17-6-3-7-24-17)9-15(16)12-4-2-5-14(8-12)18(19,20)21/h2-8,13,22H,9-11H2,1H3. The van der Waals surface area contributed by atoms with Crippen LogP contribution in [0.15, 0.2) is 47.5 Å². The molecule has 128 valence electrons. The number of methoxy groups -OCH3 is 1. The SMILES string of the molecule is COCNC1=C(c2cccc(C(F)(F)F)c2)CC(c2cccs2)C1. The van der Waals surface area contributed by atoms with Gasteiger partial charge in [-0.05, 0) is 47.6 Å². The number of hydrogen-bond donors (Lipinski definition) is 1. The van der Waals surface area contributed by atoms with Crippen molar-refractivity contribution in [3.63, 3.8) is 0 Å². The summed E-state index contributed by atoms with van der Waals surface area (Å²) in [5, 5.41) is 5.24. The maximum atomic E-state index is 13.0. The molecule has 0 spiro atoms. The molecule has 1 unspecified atom stereocenters. The molecule has 0 radical (unpaired) electrons. The molecule has 3 rings (SSSR count). The van der Waals surface area contributed by atoms with Crippen LogP contribution in [0.1, 0.15) is 34.8 Å². The summed E-state index contributed by atoms with van der Waals surface area (Å²) in [6.45, 7) is 0.342. The smallest absolute Gasteiger partial charge is 0.366 e. The molecule has 1 atom stereocenters. The summed E-state index contributed by atoms with van der Waals surface area (Å²) in [4.78, 5) is 1.26. The first kappa shape index (κ1) is 17.0. The van der Waals surface area contributed by atoms with Crippen molar-refractivity contribution in [3.05, 3.63) is 63.5 Å². The average Bonchev–Trinajstić information content (AvgIpc) is 3.21. The van der Waals surface area contributed by atoms with Gasteiger partial charge in [-0.15, -0.1) is 11.3 Å². The number of allylic oxidation sites excluding steroid dienone is 2. The fourth-order valence-corrected chi connectivity index (χ4v) is 3.88. The Bertz CT molecular complexity index is 722. The number of thiophene rings is 1. The van der Waals surface area contributed by atoms with E-state index < -0.39 is 11.7 Å². The minimum absolute atomic E-state index is 0.300. The Hall–Kier alpha value is -1.79. The molecular formula is C18H18F3NOS. The predicted molar refractivity (Wildman–Crippen MR) is 89.7 cm³/mol. The van der Waals surface area contributed by atoms with Crippen molar-refractivity contribution in [2.24, 2.45) is 0 Å². The van der Waals surface area contributed by atoms with Crippen molar-refractivity contribution in [1.29, 1.82) is 0 Å². The van der Waals surface area contributed by atoms with Crippen molar-refractivity contribution in [2.45, 2.75) is 24.9 Å². The van der Waals surface area contributed by atoms with Crippen molar-refractivity contribution in [1.82, 2.24) is 5.32 Å². The van der Waals surface area contributed by atoms with E-state index in [1.54, 1.807) is 24.5 Å². The van der Waals surface area contributed by atoms with E-state index in [1.165, 1.54) is 17.0 Å². The lowest BCUT2D eigenvalue weighted by Crippen LogP contribution is -2.16. The fraction of sp³-hybridized carbons (Fsp3) is 0.333. The number of rotatable bonds is 5. The Kier molecular flexibility index (Phi) is 4.96. The predicted octanol–water partition coefficient (Wildman–Crippen LogP) is 5.25. The zero-order valence-corrected chi connectivity index (χ0v) is 14.0. The van der Waals surface area contributed by atoms with Crippen LogP contribution in [-0.2, 0) is 10.9 Å². The third-order valence-electron chi connectivity index (χ3n) is 4.18. The molecule has 1 N–H and O–H groups in total. The van der Waals surface area contributed by atoms with Gasteiger partial charge in [0, 0.05) is 23.6 Å². The van der Waals surface area contributed by atoms with Gasteiger partial charge in [0.15, 0.2) is 0 Å². The molecule has 6 heteroatoms. The summed E-state index contributed by atoms with van der Waals surface area (Å²) in [7, 11) is 1.59. The highest BCUT2D eigenvalue weighted by Crippen LogP contribution is 2.44. The number of benzene rings is 1. The van der Waals surface area contributed by atoms with E-state index in [4.69, 9.17) is 4.74 Å². The number of hydrogen-bond acceptors (Lipinski definition) is 3. The molecule has 0 saturated heterocycles. The van der Waals surface area contributed by atoms with Gasteiger partial charge >= 0.3 is 6.18 Å². The maximum Gasteiger partial charge on any atom is 0.416 e. The van der Waals surface area contributed by atoms with Crippen LogP contribution in [0.25, 0.3) is 5.57 Å². The Balaban J connectivity index is 1.92. The van der Waals surface area contributed by atoms with Crippen molar-refractivity contribution in [3.8, 4) is 0 Å². The van der Waals surface area contributed by atoms with Crippen LogP contribution in [0.2, 0.25) is 0 Å². The van der Waals surface area contributed by atoms with E-state index in [-0.39, 0.29) is 0 Å². The molecular weight excluding hydrogens is 335 g/mol. The third kappa shape index (κ3) is 3.65. The van der Waals surface area contributed by atoms with Gasteiger partial charge in [0.1, 0.15) is 6.73 Å². The van der Waals surface area contributed by atoms with E-state index in [2.05, 4.69) is 11.4 Å². The second kappa shape index (κ2) is 6.99. The van der Waals surface area contributed by atoms with Crippen LogP contribution in [-0.4, -0.2) is 13.8 Å². The lowest BCUT2D eigenvalue weighted by atomic mass is 9.98. The van der Waals surface area contributed by atoms with Gasteiger partial charge in [0.05, 0.1) is 5.56 Å². The Labute approximate surface area is 143 Å². The minimum Gasteiger partial charge on any atom is -0.366 e. The third-order valence-corrected chi connectivity index (χ3v) is 5.21. The number of ether oxygens (including phenoxy) is 1. The van der Waals surface area contributed by atoms with Gasteiger partial charge < -0.3 is 10.1 Å². The molecule has 2 aromatic rings. The van der Waals surface area contributed by atoms with Gasteiger partial charge in [0.2, 0.25) is 0 Å². The number of alkyl halides is 3. The highest BCUT2D eigenvalue weighted by Gasteiger charge is 2.32. The van der Waals surface area contributed by atoms with E-state index in [1.807, 2.05) is 11.4 Å². The minimum atomic E-state index is -4.33. The summed E-state index contributed by atoms with van der Waals surface area (Å²) >= 11 is 1.69. The lowest BCUT2D eigenvalue weighted by Gasteiger charge is -2.12. The molecule has 1 heterocycles. The van der Waals surface area contributed by atoms with Crippen molar-refractivity contribution >= 4 is 16.9 Å². The molecule has 1 aliphatic carbocycles. The summed E-state index contributed by atoms with van der Waals surface area (Å²) in [6.07, 6.45) is -2.81. The molecule has 0 aliphatic heterocycles. The fourth-order valence-electron chi connectivity index (χ4n) is 3.05. The Morgan fingerprint density at radius 1 is 1.21 bits per heavy atom. The summed E-state index contributed by atoms with van der Waals surface area (Å²) in [6, 6.07) is 9.65. The molecule has 0 amide bonds. The van der Waals surface area contributed by atoms with Crippen molar-refractivity contribution in [2.75, 3.05) is 13.8 Å². The monoisotopic (exact) mass is 353 g/mol. The first-order valence-electron chi connectivity index (χ1n) is 7.65. The Morgan fingerprint density at radius 3 is 2.71 bits per heavy atom. The normalized spacial score (nSPS) is 18.2. The maximum absolute atomic E-state index is 13.0. The van der Waals surface area contributed by atoms with Crippen LogP contribution in [0.4, 0.5) is 13.2 Å². The molecule has 1 aromatic carbocycles. The van der Waals surface area contributed by atoms with Crippen LogP contribution in [0.3, 0.4) is 0 Å². The van der Waals surface area contributed by atoms with E-state index in [0.29, 0.717) is 18.2 Å². The van der Waals surface area contributed by atoms with Gasteiger partial charge in [-0.3, -0.25) is 0 Å². The van der Waals surface area contributed by atoms with E-state index in [0.717, 1.165) is 30.2 Å². The zero-order valence-electron chi connectivity index (χ0n) is 13.2. The molecule has 1 aromatic heterocycles. The summed E-state index contributed by atoms with van der Waals surface area (Å²) in [5.41, 5.74) is 1.92. The molecule has 0 saturated carbocycles. The molecule has 24 heavy (non-hydrogen) atoms. The van der Waals surface area contributed by atoms with Crippen LogP contribution >= 0.6 is 11.3 Å². The zero-order chi connectivity index (χ0) is 17.2. The summed E-state index contributed by atoms with van der Waals surface area (Å²) in [5.74, 6) is 0.300. The second-order valence-electron chi connectivity index (χ2n) is 5.77. The van der Waals surface area contributed by atoms with Gasteiger partial charge in [-0.25, -0.2) is 0 Å². The van der Waals surface area contributed by atoms with Crippen molar-refractivity contribution < 1.29 is 17.9 Å². The average molecular weight is 353 g/mol. The highest BCUT2D eigenvalue weighted by atomic mass is 32.1.